The van der Waals surface area contributed by atoms with Crippen molar-refractivity contribution in [3.05, 3.63) is 63.4 Å². The van der Waals surface area contributed by atoms with Crippen molar-refractivity contribution < 1.29 is 23.7 Å². The monoisotopic (exact) mass is 429 g/mol. The smallest absolute Gasteiger partial charge is 0.395 e. The Labute approximate surface area is 177 Å². The van der Waals surface area contributed by atoms with Crippen molar-refractivity contribution in [2.24, 2.45) is 5.73 Å². The number of aryl methyl sites for hydroxylation is 1. The first-order valence-corrected chi connectivity index (χ1v) is 9.74. The summed E-state index contributed by atoms with van der Waals surface area (Å²) in [4.78, 5) is 51.8. The van der Waals surface area contributed by atoms with Gasteiger partial charge in [-0.1, -0.05) is 17.7 Å². The van der Waals surface area contributed by atoms with Gasteiger partial charge in [-0.3, -0.25) is 24.5 Å². The molecule has 3 amide bonds. The van der Waals surface area contributed by atoms with Gasteiger partial charge >= 0.3 is 5.88 Å². The Morgan fingerprint density at radius 1 is 1.19 bits per heavy atom. The minimum atomic E-state index is -1.25. The lowest BCUT2D eigenvalue weighted by Gasteiger charge is -2.42. The van der Waals surface area contributed by atoms with Crippen LogP contribution >= 0.6 is 0 Å². The molecular formula is C20H23N5O6. The zero-order chi connectivity index (χ0) is 22.5. The normalized spacial score (nSPS) is 16.1. The van der Waals surface area contributed by atoms with Crippen molar-refractivity contribution in [2.75, 3.05) is 26.2 Å². The Hall–Kier alpha value is -3.73. The van der Waals surface area contributed by atoms with Gasteiger partial charge in [-0.15, -0.1) is 0 Å². The molecule has 1 aliphatic heterocycles. The number of carbonyl (C=O) groups excluding carboxylic acids is 3. The summed E-state index contributed by atoms with van der Waals surface area (Å²) >= 11 is 0. The molecule has 11 nitrogen and oxygen atoms in total. The third kappa shape index (κ3) is 4.72. The zero-order valence-corrected chi connectivity index (χ0v) is 16.9. The maximum Gasteiger partial charge on any atom is 0.433 e. The van der Waals surface area contributed by atoms with Gasteiger partial charge in [-0.25, -0.2) is 0 Å². The number of rotatable bonds is 6. The SMILES string of the molecule is Cc1cccc(C(=O)N2CCCN(C(=O)c3ccc([N+](=O)[O-])o3)C2C(=O)NCCN)c1. The van der Waals surface area contributed by atoms with Crippen molar-refractivity contribution in [1.82, 2.24) is 15.1 Å². The minimum Gasteiger partial charge on any atom is -0.395 e. The van der Waals surface area contributed by atoms with Crippen LogP contribution in [0.4, 0.5) is 5.88 Å². The van der Waals surface area contributed by atoms with Gasteiger partial charge in [-0.05, 0) is 31.5 Å². The minimum absolute atomic E-state index is 0.163. The van der Waals surface area contributed by atoms with Crippen LogP contribution < -0.4 is 11.1 Å². The summed E-state index contributed by atoms with van der Waals surface area (Å²) in [6.45, 7) is 2.62. The highest BCUT2D eigenvalue weighted by atomic mass is 16.6. The molecule has 1 aliphatic rings. The lowest BCUT2D eigenvalue weighted by atomic mass is 10.1. The molecule has 0 aliphatic carbocycles. The van der Waals surface area contributed by atoms with Crippen LogP contribution in [0.1, 0.15) is 32.9 Å². The van der Waals surface area contributed by atoms with Crippen LogP contribution in [0.25, 0.3) is 0 Å². The number of carbonyl (C=O) groups is 3. The molecule has 1 atom stereocenters. The van der Waals surface area contributed by atoms with E-state index in [4.69, 9.17) is 10.2 Å². The first-order chi connectivity index (χ1) is 14.8. The third-order valence-corrected chi connectivity index (χ3v) is 4.84. The number of benzene rings is 1. The maximum absolute atomic E-state index is 13.2. The fraction of sp³-hybridized carbons (Fsp3) is 0.350. The third-order valence-electron chi connectivity index (χ3n) is 4.84. The summed E-state index contributed by atoms with van der Waals surface area (Å²) in [5.74, 6) is -2.56. The van der Waals surface area contributed by atoms with Gasteiger partial charge in [0.2, 0.25) is 0 Å². The molecule has 1 saturated heterocycles. The Bertz CT molecular complexity index is 1000. The quantitative estimate of drug-likeness (QED) is 0.511. The molecule has 0 spiro atoms. The average molecular weight is 429 g/mol. The largest absolute Gasteiger partial charge is 0.433 e. The van der Waals surface area contributed by atoms with E-state index in [2.05, 4.69) is 5.32 Å². The van der Waals surface area contributed by atoms with Crippen molar-refractivity contribution in [3.8, 4) is 0 Å². The predicted molar refractivity (Wildman–Crippen MR) is 109 cm³/mol. The van der Waals surface area contributed by atoms with Crippen LogP contribution in [-0.2, 0) is 4.79 Å². The van der Waals surface area contributed by atoms with E-state index in [1.165, 1.54) is 15.9 Å². The van der Waals surface area contributed by atoms with Crippen LogP contribution in [0.15, 0.2) is 40.8 Å². The van der Waals surface area contributed by atoms with E-state index in [9.17, 15) is 24.5 Å². The van der Waals surface area contributed by atoms with Gasteiger partial charge in [0.15, 0.2) is 11.9 Å². The number of nitrogens with one attached hydrogen (secondary N) is 1. The summed E-state index contributed by atoms with van der Waals surface area (Å²) in [5.41, 5.74) is 6.74. The first-order valence-electron chi connectivity index (χ1n) is 9.74. The molecule has 31 heavy (non-hydrogen) atoms. The topological polar surface area (TPSA) is 152 Å². The molecule has 1 aromatic heterocycles. The highest BCUT2D eigenvalue weighted by Crippen LogP contribution is 2.23. The molecule has 0 radical (unpaired) electrons. The number of furan rings is 1. The number of hydrogen-bond donors (Lipinski definition) is 2. The lowest BCUT2D eigenvalue weighted by Crippen LogP contribution is -2.63. The molecule has 1 fully saturated rings. The van der Waals surface area contributed by atoms with E-state index in [1.54, 1.807) is 18.2 Å². The predicted octanol–water partition coefficient (Wildman–Crippen LogP) is 0.886. The number of amides is 3. The lowest BCUT2D eigenvalue weighted by molar-refractivity contribution is -0.402. The summed E-state index contributed by atoms with van der Waals surface area (Å²) in [5, 5.41) is 13.5. The summed E-state index contributed by atoms with van der Waals surface area (Å²) in [7, 11) is 0. The average Bonchev–Trinajstić information content (AvgIpc) is 3.26. The van der Waals surface area contributed by atoms with E-state index in [1.807, 2.05) is 13.0 Å². The number of hydrogen-bond acceptors (Lipinski definition) is 7. The summed E-state index contributed by atoms with van der Waals surface area (Å²) < 4.78 is 5.02. The van der Waals surface area contributed by atoms with Crippen molar-refractivity contribution in [3.63, 3.8) is 0 Å². The van der Waals surface area contributed by atoms with E-state index in [-0.39, 0.29) is 31.9 Å². The fourth-order valence-electron chi connectivity index (χ4n) is 3.45. The van der Waals surface area contributed by atoms with E-state index >= 15 is 0 Å². The first kappa shape index (κ1) is 22.0. The Kier molecular flexibility index (Phi) is 6.65. The fourth-order valence-corrected chi connectivity index (χ4v) is 3.45. The molecule has 3 rings (SSSR count). The van der Waals surface area contributed by atoms with Gasteiger partial charge < -0.3 is 25.3 Å². The van der Waals surface area contributed by atoms with Gasteiger partial charge in [0.05, 0.1) is 6.07 Å². The molecule has 0 bridgehead atoms. The summed E-state index contributed by atoms with van der Waals surface area (Å²) in [6.07, 6.45) is -0.822. The van der Waals surface area contributed by atoms with Crippen LogP contribution in [0.3, 0.4) is 0 Å². The van der Waals surface area contributed by atoms with E-state index < -0.39 is 34.7 Å². The Morgan fingerprint density at radius 2 is 1.90 bits per heavy atom. The Morgan fingerprint density at radius 3 is 2.52 bits per heavy atom. The van der Waals surface area contributed by atoms with Crippen LogP contribution in [0.5, 0.6) is 0 Å². The van der Waals surface area contributed by atoms with Crippen molar-refractivity contribution in [1.29, 1.82) is 0 Å². The Balaban J connectivity index is 1.94. The van der Waals surface area contributed by atoms with Gasteiger partial charge in [0.1, 0.15) is 4.92 Å². The van der Waals surface area contributed by atoms with E-state index in [0.29, 0.717) is 12.0 Å². The van der Waals surface area contributed by atoms with E-state index in [0.717, 1.165) is 11.6 Å². The molecule has 164 valence electrons. The number of nitrogens with zero attached hydrogens (tertiary/aromatic N) is 3. The maximum atomic E-state index is 13.2. The second-order valence-electron chi connectivity index (χ2n) is 7.07. The van der Waals surface area contributed by atoms with Crippen LogP contribution in [0, 0.1) is 17.0 Å². The second-order valence-corrected chi connectivity index (χ2v) is 7.07. The molecule has 0 saturated carbocycles. The van der Waals surface area contributed by atoms with Crippen molar-refractivity contribution in [2.45, 2.75) is 19.5 Å². The number of nitrogens with two attached hydrogens (primary N) is 1. The standard InChI is InChI=1S/C20H23N5O6/c1-13-4-2-5-14(12-13)19(27)23-10-3-11-24(18(23)17(26)22-9-8-21)20(28)15-6-7-16(31-15)25(29)30/h2,4-7,12,18H,3,8-11,21H2,1H3,(H,22,26). The van der Waals surface area contributed by atoms with Crippen molar-refractivity contribution >= 4 is 23.6 Å². The highest BCUT2D eigenvalue weighted by molar-refractivity contribution is 6.00. The van der Waals surface area contributed by atoms with Crippen LogP contribution in [-0.4, -0.2) is 64.8 Å². The zero-order valence-electron chi connectivity index (χ0n) is 16.9. The molecule has 11 heteroatoms. The molecule has 2 aromatic rings. The van der Waals surface area contributed by atoms with Gasteiger partial charge in [0.25, 0.3) is 17.7 Å². The summed E-state index contributed by atoms with van der Waals surface area (Å²) in [6, 6.07) is 9.17. The molecular weight excluding hydrogens is 406 g/mol. The number of nitro groups is 1. The second kappa shape index (κ2) is 9.39. The van der Waals surface area contributed by atoms with Crippen LogP contribution in [0.2, 0.25) is 0 Å². The van der Waals surface area contributed by atoms with Gasteiger partial charge in [0, 0.05) is 31.7 Å². The molecule has 3 N–H and O–H groups in total. The molecule has 2 heterocycles. The van der Waals surface area contributed by atoms with Gasteiger partial charge in [-0.2, -0.15) is 0 Å². The molecule has 1 unspecified atom stereocenters. The molecule has 1 aromatic carbocycles. The highest BCUT2D eigenvalue weighted by Gasteiger charge is 2.41.